The van der Waals surface area contributed by atoms with E-state index in [-0.39, 0.29) is 36.7 Å². The zero-order chi connectivity index (χ0) is 19.6. The average Bonchev–Trinajstić information content (AvgIpc) is 2.96. The number of esters is 1. The molecule has 2 N–H and O–H groups in total. The largest absolute Gasteiger partial charge is 0.462 e. The number of carbonyl (C=O) groups is 4. The van der Waals surface area contributed by atoms with Gasteiger partial charge >= 0.3 is 5.97 Å². The standard InChI is InChI=1S/C19H23N3O5/c1-2-27-19(26)13-3-5-14(6-4-13)22-16(23)11-15(18(22)25)21-9-7-12(8-10-21)17(20)24/h3-6,12,15H,2,7-11H2,1H3,(H2,20,24)/t15-/m1/s1. The van der Waals surface area contributed by atoms with Crippen LogP contribution in [0.1, 0.15) is 36.5 Å². The molecule has 0 radical (unpaired) electrons. The number of anilines is 1. The molecule has 0 bridgehead atoms. The predicted octanol–water partition coefficient (Wildman–Crippen LogP) is 0.693. The minimum Gasteiger partial charge on any atom is -0.462 e. The summed E-state index contributed by atoms with van der Waals surface area (Å²) in [5.74, 6) is -1.47. The van der Waals surface area contributed by atoms with Crippen LogP contribution in [0.15, 0.2) is 24.3 Å². The number of imide groups is 1. The summed E-state index contributed by atoms with van der Waals surface area (Å²) in [6.45, 7) is 3.12. The molecule has 0 spiro atoms. The lowest BCUT2D eigenvalue weighted by Crippen LogP contribution is -2.47. The number of amides is 3. The minimum atomic E-state index is -0.518. The molecule has 1 aromatic carbocycles. The van der Waals surface area contributed by atoms with Crippen molar-refractivity contribution in [1.29, 1.82) is 0 Å². The molecule has 2 heterocycles. The maximum absolute atomic E-state index is 12.8. The number of carbonyl (C=O) groups excluding carboxylic acids is 4. The molecule has 1 atom stereocenters. The fourth-order valence-electron chi connectivity index (χ4n) is 3.63. The smallest absolute Gasteiger partial charge is 0.338 e. The van der Waals surface area contributed by atoms with E-state index in [0.717, 1.165) is 0 Å². The number of piperidine rings is 1. The van der Waals surface area contributed by atoms with Crippen LogP contribution in [-0.2, 0) is 19.1 Å². The quantitative estimate of drug-likeness (QED) is 0.601. The Bertz CT molecular complexity index is 753. The number of primary amides is 1. The third kappa shape index (κ3) is 3.85. The first-order chi connectivity index (χ1) is 12.9. The Hall–Kier alpha value is -2.74. The third-order valence-corrected chi connectivity index (χ3v) is 5.13. The van der Waals surface area contributed by atoms with Gasteiger partial charge in [0.15, 0.2) is 0 Å². The minimum absolute atomic E-state index is 0.111. The molecule has 8 nitrogen and oxygen atoms in total. The molecule has 8 heteroatoms. The topological polar surface area (TPSA) is 110 Å². The highest BCUT2D eigenvalue weighted by Crippen LogP contribution is 2.28. The maximum atomic E-state index is 12.8. The van der Waals surface area contributed by atoms with Gasteiger partial charge in [-0.3, -0.25) is 19.3 Å². The first kappa shape index (κ1) is 19.0. The van der Waals surface area contributed by atoms with E-state index in [1.807, 2.05) is 4.90 Å². The zero-order valence-electron chi connectivity index (χ0n) is 15.2. The molecule has 2 fully saturated rings. The SMILES string of the molecule is CCOC(=O)c1ccc(N2C(=O)C[C@@H](N3CCC(C(N)=O)CC3)C2=O)cc1. The van der Waals surface area contributed by atoms with Crippen molar-refractivity contribution in [3.8, 4) is 0 Å². The summed E-state index contributed by atoms with van der Waals surface area (Å²) < 4.78 is 4.93. The van der Waals surface area contributed by atoms with Gasteiger partial charge in [0.1, 0.15) is 0 Å². The second kappa shape index (κ2) is 7.87. The van der Waals surface area contributed by atoms with Crippen molar-refractivity contribution >= 4 is 29.4 Å². The lowest BCUT2D eigenvalue weighted by molar-refractivity contribution is -0.124. The first-order valence-electron chi connectivity index (χ1n) is 9.09. The van der Waals surface area contributed by atoms with Crippen molar-refractivity contribution in [1.82, 2.24) is 4.90 Å². The fraction of sp³-hybridized carbons (Fsp3) is 0.474. The molecular formula is C19H23N3O5. The molecule has 3 rings (SSSR count). The van der Waals surface area contributed by atoms with E-state index in [1.54, 1.807) is 31.2 Å². The third-order valence-electron chi connectivity index (χ3n) is 5.13. The lowest BCUT2D eigenvalue weighted by atomic mass is 9.95. The number of benzene rings is 1. The highest BCUT2D eigenvalue weighted by Gasteiger charge is 2.43. The zero-order valence-corrected chi connectivity index (χ0v) is 15.2. The molecular weight excluding hydrogens is 350 g/mol. The van der Waals surface area contributed by atoms with Crippen LogP contribution in [0.3, 0.4) is 0 Å². The van der Waals surface area contributed by atoms with Crippen molar-refractivity contribution in [3.05, 3.63) is 29.8 Å². The molecule has 27 heavy (non-hydrogen) atoms. The van der Waals surface area contributed by atoms with E-state index in [1.165, 1.54) is 4.90 Å². The number of hydrogen-bond donors (Lipinski definition) is 1. The van der Waals surface area contributed by atoms with Gasteiger partial charge in [0, 0.05) is 5.92 Å². The molecule has 2 saturated heterocycles. The number of likely N-dealkylation sites (tertiary alicyclic amines) is 1. The van der Waals surface area contributed by atoms with Gasteiger partial charge in [0.25, 0.3) is 5.91 Å². The average molecular weight is 373 g/mol. The second-order valence-corrected chi connectivity index (χ2v) is 6.77. The van der Waals surface area contributed by atoms with Crippen LogP contribution in [0.5, 0.6) is 0 Å². The molecule has 0 unspecified atom stereocenters. The molecule has 0 aromatic heterocycles. The van der Waals surface area contributed by atoms with Gasteiger partial charge in [-0.2, -0.15) is 0 Å². The van der Waals surface area contributed by atoms with E-state index in [2.05, 4.69) is 0 Å². The highest BCUT2D eigenvalue weighted by atomic mass is 16.5. The van der Waals surface area contributed by atoms with Crippen LogP contribution >= 0.6 is 0 Å². The second-order valence-electron chi connectivity index (χ2n) is 6.77. The Labute approximate surface area is 157 Å². The summed E-state index contributed by atoms with van der Waals surface area (Å²) in [7, 11) is 0. The Kier molecular flexibility index (Phi) is 5.55. The van der Waals surface area contributed by atoms with Crippen molar-refractivity contribution in [2.45, 2.75) is 32.2 Å². The van der Waals surface area contributed by atoms with E-state index in [9.17, 15) is 19.2 Å². The molecule has 2 aliphatic rings. The highest BCUT2D eigenvalue weighted by molar-refractivity contribution is 6.22. The van der Waals surface area contributed by atoms with E-state index < -0.39 is 12.0 Å². The van der Waals surface area contributed by atoms with Gasteiger partial charge in [-0.25, -0.2) is 9.69 Å². The Balaban J connectivity index is 1.69. The van der Waals surface area contributed by atoms with Gasteiger partial charge in [-0.15, -0.1) is 0 Å². The first-order valence-corrected chi connectivity index (χ1v) is 9.09. The van der Waals surface area contributed by atoms with Gasteiger partial charge < -0.3 is 10.5 Å². The number of rotatable bonds is 5. The molecule has 1 aromatic rings. The molecule has 3 amide bonds. The summed E-state index contributed by atoms with van der Waals surface area (Å²) >= 11 is 0. The number of hydrogen-bond acceptors (Lipinski definition) is 6. The summed E-state index contributed by atoms with van der Waals surface area (Å²) in [5, 5.41) is 0. The summed E-state index contributed by atoms with van der Waals surface area (Å²) in [6, 6.07) is 5.71. The Morgan fingerprint density at radius 2 is 1.78 bits per heavy atom. The lowest BCUT2D eigenvalue weighted by Gasteiger charge is -2.33. The number of ether oxygens (including phenoxy) is 1. The van der Waals surface area contributed by atoms with Crippen LogP contribution in [0.25, 0.3) is 0 Å². The van der Waals surface area contributed by atoms with Crippen LogP contribution in [-0.4, -0.2) is 54.3 Å². The van der Waals surface area contributed by atoms with Crippen LogP contribution in [0.4, 0.5) is 5.69 Å². The monoisotopic (exact) mass is 373 g/mol. The van der Waals surface area contributed by atoms with Crippen molar-refractivity contribution in [2.75, 3.05) is 24.6 Å². The van der Waals surface area contributed by atoms with E-state index >= 15 is 0 Å². The van der Waals surface area contributed by atoms with Crippen LogP contribution in [0.2, 0.25) is 0 Å². The fourth-order valence-corrected chi connectivity index (χ4v) is 3.63. The van der Waals surface area contributed by atoms with E-state index in [0.29, 0.717) is 37.2 Å². The van der Waals surface area contributed by atoms with Gasteiger partial charge in [-0.1, -0.05) is 0 Å². The normalized spacial score (nSPS) is 21.5. The number of nitrogens with two attached hydrogens (primary N) is 1. The Morgan fingerprint density at radius 1 is 1.15 bits per heavy atom. The van der Waals surface area contributed by atoms with Crippen LogP contribution in [0, 0.1) is 5.92 Å². The molecule has 0 saturated carbocycles. The summed E-state index contributed by atoms with van der Waals surface area (Å²) in [5.41, 5.74) is 6.15. The van der Waals surface area contributed by atoms with Crippen LogP contribution < -0.4 is 10.6 Å². The Morgan fingerprint density at radius 3 is 2.33 bits per heavy atom. The maximum Gasteiger partial charge on any atom is 0.338 e. The van der Waals surface area contributed by atoms with Crippen molar-refractivity contribution in [2.24, 2.45) is 11.7 Å². The molecule has 0 aliphatic carbocycles. The van der Waals surface area contributed by atoms with Crippen molar-refractivity contribution < 1.29 is 23.9 Å². The molecule has 144 valence electrons. The van der Waals surface area contributed by atoms with Crippen molar-refractivity contribution in [3.63, 3.8) is 0 Å². The summed E-state index contributed by atoms with van der Waals surface area (Å²) in [4.78, 5) is 51.4. The number of nitrogens with zero attached hydrogens (tertiary/aromatic N) is 2. The van der Waals surface area contributed by atoms with Gasteiger partial charge in [0.05, 0.1) is 30.3 Å². The van der Waals surface area contributed by atoms with Gasteiger partial charge in [0.2, 0.25) is 11.8 Å². The van der Waals surface area contributed by atoms with Gasteiger partial charge in [-0.05, 0) is 57.1 Å². The molecule has 2 aliphatic heterocycles. The van der Waals surface area contributed by atoms with E-state index in [4.69, 9.17) is 10.5 Å². The predicted molar refractivity (Wildman–Crippen MR) is 96.8 cm³/mol. The summed E-state index contributed by atoms with van der Waals surface area (Å²) in [6.07, 6.45) is 1.31.